The summed E-state index contributed by atoms with van der Waals surface area (Å²) in [4.78, 5) is 4.17. The van der Waals surface area contributed by atoms with E-state index in [9.17, 15) is 0 Å². The van der Waals surface area contributed by atoms with E-state index in [4.69, 9.17) is 4.74 Å². The Balaban J connectivity index is 2.27. The van der Waals surface area contributed by atoms with E-state index < -0.39 is 0 Å². The van der Waals surface area contributed by atoms with Gasteiger partial charge in [-0.3, -0.25) is 4.98 Å². The molecule has 1 N–H and O–H groups in total. The van der Waals surface area contributed by atoms with Crippen LogP contribution < -0.4 is 5.32 Å². The minimum absolute atomic E-state index is 0.229. The van der Waals surface area contributed by atoms with Crippen molar-refractivity contribution in [2.45, 2.75) is 19.6 Å². The molecule has 0 aliphatic heterocycles. The van der Waals surface area contributed by atoms with Crippen molar-refractivity contribution < 1.29 is 4.74 Å². The lowest BCUT2D eigenvalue weighted by Crippen LogP contribution is -2.23. The normalized spacial score (nSPS) is 12.8. The second-order valence-electron chi connectivity index (χ2n) is 3.00. The van der Waals surface area contributed by atoms with Crippen molar-refractivity contribution in [2.75, 3.05) is 13.6 Å². The first-order valence-corrected chi connectivity index (χ1v) is 4.49. The molecule has 1 aromatic rings. The highest BCUT2D eigenvalue weighted by atomic mass is 16.5. The van der Waals surface area contributed by atoms with E-state index in [-0.39, 0.29) is 6.10 Å². The predicted octanol–water partition coefficient (Wildman–Crippen LogP) is 1.21. The van der Waals surface area contributed by atoms with Crippen molar-refractivity contribution in [3.63, 3.8) is 0 Å². The fourth-order valence-corrected chi connectivity index (χ4v) is 1.06. The number of ether oxygens (including phenoxy) is 1. The maximum absolute atomic E-state index is 5.54. The summed E-state index contributed by atoms with van der Waals surface area (Å²) in [5.74, 6) is 0. The standard InChI is InChI=1S/C10H16N2O/c1-9(7-11-2)13-8-10-5-3-4-6-12-10/h3-6,9,11H,7-8H2,1-2H3. The molecule has 1 atom stereocenters. The lowest BCUT2D eigenvalue weighted by atomic mass is 10.3. The lowest BCUT2D eigenvalue weighted by molar-refractivity contribution is 0.0525. The van der Waals surface area contributed by atoms with Crippen molar-refractivity contribution in [1.29, 1.82) is 0 Å². The molecule has 13 heavy (non-hydrogen) atoms. The van der Waals surface area contributed by atoms with Gasteiger partial charge in [-0.15, -0.1) is 0 Å². The molecule has 1 unspecified atom stereocenters. The molecule has 0 bridgehead atoms. The summed E-state index contributed by atoms with van der Waals surface area (Å²) in [5, 5.41) is 3.06. The molecule has 0 saturated carbocycles. The molecule has 0 aliphatic rings. The van der Waals surface area contributed by atoms with E-state index >= 15 is 0 Å². The molecule has 1 heterocycles. The van der Waals surface area contributed by atoms with Gasteiger partial charge in [0.25, 0.3) is 0 Å². The van der Waals surface area contributed by atoms with Gasteiger partial charge in [0.15, 0.2) is 0 Å². The average Bonchev–Trinajstić information content (AvgIpc) is 2.17. The minimum Gasteiger partial charge on any atom is -0.371 e. The van der Waals surface area contributed by atoms with Crippen LogP contribution in [0.25, 0.3) is 0 Å². The van der Waals surface area contributed by atoms with Gasteiger partial charge in [-0.25, -0.2) is 0 Å². The fraction of sp³-hybridized carbons (Fsp3) is 0.500. The highest BCUT2D eigenvalue weighted by Gasteiger charge is 2.00. The van der Waals surface area contributed by atoms with Gasteiger partial charge in [0.1, 0.15) is 0 Å². The first-order valence-electron chi connectivity index (χ1n) is 4.49. The van der Waals surface area contributed by atoms with E-state index in [1.54, 1.807) is 6.20 Å². The van der Waals surface area contributed by atoms with Crippen molar-refractivity contribution in [3.8, 4) is 0 Å². The summed E-state index contributed by atoms with van der Waals surface area (Å²) in [5.41, 5.74) is 0.977. The Kier molecular flexibility index (Phi) is 4.43. The maximum Gasteiger partial charge on any atom is 0.0892 e. The second-order valence-corrected chi connectivity index (χ2v) is 3.00. The van der Waals surface area contributed by atoms with Crippen LogP contribution in [0.15, 0.2) is 24.4 Å². The number of nitrogens with one attached hydrogen (secondary N) is 1. The van der Waals surface area contributed by atoms with Gasteiger partial charge in [0, 0.05) is 12.7 Å². The van der Waals surface area contributed by atoms with E-state index in [0.717, 1.165) is 12.2 Å². The van der Waals surface area contributed by atoms with Crippen LogP contribution in [0, 0.1) is 0 Å². The Hall–Kier alpha value is -0.930. The maximum atomic E-state index is 5.54. The highest BCUT2D eigenvalue weighted by Crippen LogP contribution is 1.98. The summed E-state index contributed by atoms with van der Waals surface area (Å²) < 4.78 is 5.54. The molecule has 3 nitrogen and oxygen atoms in total. The molecular weight excluding hydrogens is 164 g/mol. The Morgan fingerprint density at radius 1 is 1.54 bits per heavy atom. The van der Waals surface area contributed by atoms with E-state index in [0.29, 0.717) is 6.61 Å². The molecule has 1 rings (SSSR count). The molecule has 0 radical (unpaired) electrons. The van der Waals surface area contributed by atoms with E-state index in [1.165, 1.54) is 0 Å². The molecule has 3 heteroatoms. The largest absolute Gasteiger partial charge is 0.371 e. The highest BCUT2D eigenvalue weighted by molar-refractivity contribution is 5.01. The fourth-order valence-electron chi connectivity index (χ4n) is 1.06. The number of aromatic nitrogens is 1. The Morgan fingerprint density at radius 2 is 2.38 bits per heavy atom. The van der Waals surface area contributed by atoms with E-state index in [1.807, 2.05) is 32.2 Å². The zero-order valence-corrected chi connectivity index (χ0v) is 8.16. The monoisotopic (exact) mass is 180 g/mol. The SMILES string of the molecule is CNCC(C)OCc1ccccn1. The van der Waals surface area contributed by atoms with Crippen molar-refractivity contribution in [1.82, 2.24) is 10.3 Å². The molecule has 1 aromatic heterocycles. The molecule has 0 amide bonds. The van der Waals surface area contributed by atoms with Gasteiger partial charge in [-0.05, 0) is 26.1 Å². The number of hydrogen-bond acceptors (Lipinski definition) is 3. The number of likely N-dealkylation sites (N-methyl/N-ethyl adjacent to an activating group) is 1. The summed E-state index contributed by atoms with van der Waals surface area (Å²) in [6.07, 6.45) is 2.01. The van der Waals surface area contributed by atoms with Crippen LogP contribution in [-0.4, -0.2) is 24.7 Å². The van der Waals surface area contributed by atoms with Crippen molar-refractivity contribution in [2.24, 2.45) is 0 Å². The molecular formula is C10H16N2O. The average molecular weight is 180 g/mol. The predicted molar refractivity (Wildman–Crippen MR) is 52.4 cm³/mol. The van der Waals surface area contributed by atoms with Crippen LogP contribution in [0.1, 0.15) is 12.6 Å². The quantitative estimate of drug-likeness (QED) is 0.739. The zero-order chi connectivity index (χ0) is 9.52. The van der Waals surface area contributed by atoms with Crippen LogP contribution >= 0.6 is 0 Å². The summed E-state index contributed by atoms with van der Waals surface area (Å²) in [6.45, 7) is 3.50. The molecule has 0 saturated heterocycles. The smallest absolute Gasteiger partial charge is 0.0892 e. The molecule has 0 spiro atoms. The van der Waals surface area contributed by atoms with Gasteiger partial charge >= 0.3 is 0 Å². The third kappa shape index (κ3) is 4.01. The van der Waals surface area contributed by atoms with Crippen molar-refractivity contribution >= 4 is 0 Å². The van der Waals surface area contributed by atoms with Crippen molar-refractivity contribution in [3.05, 3.63) is 30.1 Å². The van der Waals surface area contributed by atoms with Crippen LogP contribution in [0.5, 0.6) is 0 Å². The number of hydrogen-bond donors (Lipinski definition) is 1. The van der Waals surface area contributed by atoms with Gasteiger partial charge in [0.05, 0.1) is 18.4 Å². The van der Waals surface area contributed by atoms with Crippen LogP contribution in [-0.2, 0) is 11.3 Å². The first kappa shape index (κ1) is 10.2. The number of rotatable bonds is 5. The summed E-state index contributed by atoms with van der Waals surface area (Å²) >= 11 is 0. The van der Waals surface area contributed by atoms with Gasteiger partial charge in [-0.2, -0.15) is 0 Å². The Labute approximate surface area is 79.1 Å². The zero-order valence-electron chi connectivity index (χ0n) is 8.16. The summed E-state index contributed by atoms with van der Waals surface area (Å²) in [7, 11) is 1.92. The van der Waals surface area contributed by atoms with Gasteiger partial charge in [-0.1, -0.05) is 6.07 Å². The topological polar surface area (TPSA) is 34.1 Å². The minimum atomic E-state index is 0.229. The van der Waals surface area contributed by atoms with Gasteiger partial charge in [0.2, 0.25) is 0 Å². The number of pyridine rings is 1. The van der Waals surface area contributed by atoms with Crippen LogP contribution in [0.4, 0.5) is 0 Å². The van der Waals surface area contributed by atoms with Crippen LogP contribution in [0.2, 0.25) is 0 Å². The third-order valence-corrected chi connectivity index (χ3v) is 1.73. The Morgan fingerprint density at radius 3 is 3.00 bits per heavy atom. The second kappa shape index (κ2) is 5.67. The van der Waals surface area contributed by atoms with Crippen LogP contribution in [0.3, 0.4) is 0 Å². The first-order chi connectivity index (χ1) is 6.33. The molecule has 0 aromatic carbocycles. The Bertz CT molecular complexity index is 226. The number of nitrogens with zero attached hydrogens (tertiary/aromatic N) is 1. The lowest BCUT2D eigenvalue weighted by Gasteiger charge is -2.11. The molecule has 0 aliphatic carbocycles. The molecule has 0 fully saturated rings. The third-order valence-electron chi connectivity index (χ3n) is 1.73. The van der Waals surface area contributed by atoms with Gasteiger partial charge < -0.3 is 10.1 Å². The molecule has 72 valence electrons. The van der Waals surface area contributed by atoms with E-state index in [2.05, 4.69) is 10.3 Å². The summed E-state index contributed by atoms with van der Waals surface area (Å²) in [6, 6.07) is 5.83.